The van der Waals surface area contributed by atoms with E-state index in [-0.39, 0.29) is 22.8 Å². The number of para-hydroxylation sites is 1. The Morgan fingerprint density at radius 1 is 1.10 bits per heavy atom. The van der Waals surface area contributed by atoms with E-state index in [2.05, 4.69) is 0 Å². The number of carbonyl (C=O) groups is 1. The molecule has 0 aliphatic heterocycles. The third kappa shape index (κ3) is 4.70. The number of hydrogen-bond donors (Lipinski definition) is 0. The van der Waals surface area contributed by atoms with E-state index >= 15 is 0 Å². The smallest absolute Gasteiger partial charge is 0.262 e. The maximum Gasteiger partial charge on any atom is 0.262 e. The average Bonchev–Trinajstić information content (AvgIpc) is 2.73. The number of amides is 1. The monoisotopic (exact) mass is 409 g/mol. The molecule has 6 heteroatoms. The van der Waals surface area contributed by atoms with E-state index in [1.807, 2.05) is 76.3 Å². The molecule has 3 rings (SSSR count). The number of nitrogens with zero attached hydrogens (tertiary/aromatic N) is 3. The molecule has 5 nitrogen and oxygen atoms in total. The number of hydrogen-bond acceptors (Lipinski definition) is 4. The Morgan fingerprint density at radius 3 is 2.45 bits per heavy atom. The molecule has 0 bridgehead atoms. The van der Waals surface area contributed by atoms with Crippen molar-refractivity contribution in [1.82, 2.24) is 14.5 Å². The van der Waals surface area contributed by atoms with Crippen molar-refractivity contribution in [2.45, 2.75) is 50.2 Å². The van der Waals surface area contributed by atoms with Gasteiger partial charge >= 0.3 is 0 Å². The highest BCUT2D eigenvalue weighted by Gasteiger charge is 2.23. The Kier molecular flexibility index (Phi) is 6.75. The van der Waals surface area contributed by atoms with E-state index in [1.54, 1.807) is 15.5 Å². The van der Waals surface area contributed by atoms with Crippen LogP contribution in [0.3, 0.4) is 0 Å². The Morgan fingerprint density at radius 2 is 1.76 bits per heavy atom. The molecule has 0 N–H and O–H groups in total. The second-order valence-corrected chi connectivity index (χ2v) is 8.59. The van der Waals surface area contributed by atoms with Crippen LogP contribution in [0.15, 0.2) is 64.5 Å². The lowest BCUT2D eigenvalue weighted by Crippen LogP contribution is -2.34. The number of aromatic nitrogens is 2. The lowest BCUT2D eigenvalue weighted by Gasteiger charge is -2.23. The average molecular weight is 410 g/mol. The number of benzene rings is 2. The Balaban J connectivity index is 1.88. The fourth-order valence-corrected chi connectivity index (χ4v) is 4.36. The van der Waals surface area contributed by atoms with Gasteiger partial charge in [0, 0.05) is 19.6 Å². The van der Waals surface area contributed by atoms with Crippen LogP contribution in [-0.2, 0) is 11.3 Å². The van der Waals surface area contributed by atoms with Gasteiger partial charge in [0.2, 0.25) is 5.91 Å². The quantitative estimate of drug-likeness (QED) is 0.426. The molecule has 0 unspecified atom stereocenters. The van der Waals surface area contributed by atoms with Gasteiger partial charge in [-0.05, 0) is 38.0 Å². The van der Waals surface area contributed by atoms with Gasteiger partial charge in [0.25, 0.3) is 5.56 Å². The predicted molar refractivity (Wildman–Crippen MR) is 119 cm³/mol. The van der Waals surface area contributed by atoms with Crippen LogP contribution < -0.4 is 5.56 Å². The topological polar surface area (TPSA) is 55.2 Å². The van der Waals surface area contributed by atoms with Gasteiger partial charge in [0.05, 0.1) is 16.2 Å². The first-order valence-corrected chi connectivity index (χ1v) is 10.8. The normalized spacial score (nSPS) is 13.2. The first kappa shape index (κ1) is 21.1. The van der Waals surface area contributed by atoms with Crippen molar-refractivity contribution in [3.8, 4) is 0 Å². The Bertz CT molecular complexity index is 1050. The molecule has 0 radical (unpaired) electrons. The molecule has 0 saturated carbocycles. The number of thioether (sulfide) groups is 1. The van der Waals surface area contributed by atoms with Gasteiger partial charge in [-0.2, -0.15) is 0 Å². The van der Waals surface area contributed by atoms with Crippen LogP contribution in [0.1, 0.15) is 38.8 Å². The number of fused-ring (bicyclic) bond motifs is 1. The highest BCUT2D eigenvalue weighted by Crippen LogP contribution is 2.27. The fourth-order valence-electron chi connectivity index (χ4n) is 3.23. The van der Waals surface area contributed by atoms with Crippen molar-refractivity contribution in [3.63, 3.8) is 0 Å². The maximum absolute atomic E-state index is 13.1. The Labute approximate surface area is 175 Å². The first-order chi connectivity index (χ1) is 13.9. The molecule has 1 amide bonds. The summed E-state index contributed by atoms with van der Waals surface area (Å²) in [7, 11) is 1.81. The van der Waals surface area contributed by atoms with Crippen molar-refractivity contribution in [2.24, 2.45) is 0 Å². The SMILES string of the molecule is CC[C@H](C)n1c(S[C@@H](C)C(=O)N(C)Cc2ccccc2)nc2ccccc2c1=O. The van der Waals surface area contributed by atoms with Gasteiger partial charge in [0.1, 0.15) is 0 Å². The van der Waals surface area contributed by atoms with Crippen molar-refractivity contribution < 1.29 is 4.79 Å². The largest absolute Gasteiger partial charge is 0.340 e. The van der Waals surface area contributed by atoms with Crippen LogP contribution in [0.5, 0.6) is 0 Å². The predicted octanol–water partition coefficient (Wildman–Crippen LogP) is 4.51. The molecule has 3 aromatic rings. The summed E-state index contributed by atoms with van der Waals surface area (Å²) in [6, 6.07) is 17.3. The van der Waals surface area contributed by atoms with Crippen molar-refractivity contribution in [2.75, 3.05) is 7.05 Å². The molecule has 0 aliphatic carbocycles. The minimum absolute atomic E-state index is 0.00598. The summed E-state index contributed by atoms with van der Waals surface area (Å²) in [5, 5.41) is 0.849. The highest BCUT2D eigenvalue weighted by atomic mass is 32.2. The standard InChI is InChI=1S/C23H27N3O2S/c1-5-16(2)26-22(28)19-13-9-10-14-20(19)24-23(26)29-17(3)21(27)25(4)15-18-11-7-6-8-12-18/h6-14,16-17H,5,15H2,1-4H3/t16-,17-/m0/s1. The molecule has 0 fully saturated rings. The molecule has 0 aliphatic rings. The zero-order valence-corrected chi connectivity index (χ0v) is 18.1. The van der Waals surface area contributed by atoms with E-state index < -0.39 is 0 Å². The van der Waals surface area contributed by atoms with Crippen LogP contribution >= 0.6 is 11.8 Å². The number of rotatable bonds is 7. The molecule has 1 heterocycles. The minimum Gasteiger partial charge on any atom is -0.340 e. The van der Waals surface area contributed by atoms with E-state index in [0.717, 1.165) is 12.0 Å². The summed E-state index contributed by atoms with van der Waals surface area (Å²) >= 11 is 1.35. The Hall–Kier alpha value is -2.60. The molecule has 0 saturated heterocycles. The minimum atomic E-state index is -0.355. The van der Waals surface area contributed by atoms with Gasteiger partial charge in [-0.1, -0.05) is 61.2 Å². The van der Waals surface area contributed by atoms with E-state index in [9.17, 15) is 9.59 Å². The molecular formula is C23H27N3O2S. The fraction of sp³-hybridized carbons (Fsp3) is 0.348. The molecular weight excluding hydrogens is 382 g/mol. The summed E-state index contributed by atoms with van der Waals surface area (Å²) in [5.74, 6) is 0.0111. The van der Waals surface area contributed by atoms with Crippen LogP contribution in [-0.4, -0.2) is 32.7 Å². The van der Waals surface area contributed by atoms with Crippen molar-refractivity contribution >= 4 is 28.6 Å². The molecule has 29 heavy (non-hydrogen) atoms. The van der Waals surface area contributed by atoms with Crippen LogP contribution in [0.2, 0.25) is 0 Å². The lowest BCUT2D eigenvalue weighted by molar-refractivity contribution is -0.129. The van der Waals surface area contributed by atoms with Gasteiger partial charge in [-0.15, -0.1) is 0 Å². The zero-order chi connectivity index (χ0) is 21.0. The zero-order valence-electron chi connectivity index (χ0n) is 17.3. The van der Waals surface area contributed by atoms with Crippen molar-refractivity contribution in [1.29, 1.82) is 0 Å². The first-order valence-electron chi connectivity index (χ1n) is 9.89. The second kappa shape index (κ2) is 9.27. The third-order valence-electron chi connectivity index (χ3n) is 5.08. The summed E-state index contributed by atoms with van der Waals surface area (Å²) in [6.45, 7) is 6.48. The summed E-state index contributed by atoms with van der Waals surface area (Å²) in [5.41, 5.74) is 1.70. The van der Waals surface area contributed by atoms with Gasteiger partial charge in [-0.25, -0.2) is 4.98 Å². The third-order valence-corrected chi connectivity index (χ3v) is 6.13. The van der Waals surface area contributed by atoms with Crippen LogP contribution in [0.4, 0.5) is 0 Å². The van der Waals surface area contributed by atoms with Gasteiger partial charge in [-0.3, -0.25) is 14.2 Å². The summed E-state index contributed by atoms with van der Waals surface area (Å²) in [4.78, 5) is 32.5. The molecule has 2 atom stereocenters. The summed E-state index contributed by atoms with van der Waals surface area (Å²) in [6.07, 6.45) is 0.809. The highest BCUT2D eigenvalue weighted by molar-refractivity contribution is 8.00. The maximum atomic E-state index is 13.1. The lowest BCUT2D eigenvalue weighted by atomic mass is 10.2. The molecule has 152 valence electrons. The van der Waals surface area contributed by atoms with E-state index in [4.69, 9.17) is 4.98 Å². The van der Waals surface area contributed by atoms with Gasteiger partial charge < -0.3 is 4.90 Å². The second-order valence-electron chi connectivity index (χ2n) is 7.28. The van der Waals surface area contributed by atoms with Crippen LogP contribution in [0.25, 0.3) is 10.9 Å². The van der Waals surface area contributed by atoms with E-state index in [0.29, 0.717) is 22.6 Å². The van der Waals surface area contributed by atoms with Crippen LogP contribution in [0, 0.1) is 0 Å². The number of carbonyl (C=O) groups excluding carboxylic acids is 1. The van der Waals surface area contributed by atoms with Gasteiger partial charge in [0.15, 0.2) is 5.16 Å². The molecule has 0 spiro atoms. The molecule has 1 aromatic heterocycles. The van der Waals surface area contributed by atoms with Crippen molar-refractivity contribution in [3.05, 3.63) is 70.5 Å². The molecule has 2 aromatic carbocycles. The summed E-state index contributed by atoms with van der Waals surface area (Å²) < 4.78 is 1.73. The van der Waals surface area contributed by atoms with E-state index in [1.165, 1.54) is 11.8 Å².